The van der Waals surface area contributed by atoms with Crippen molar-refractivity contribution < 1.29 is 13.9 Å². The number of halogens is 1. The van der Waals surface area contributed by atoms with Crippen molar-refractivity contribution >= 4 is 34.1 Å². The molecule has 8 heteroatoms. The summed E-state index contributed by atoms with van der Waals surface area (Å²) in [7, 11) is 0. The van der Waals surface area contributed by atoms with Crippen LogP contribution in [0.2, 0.25) is 0 Å². The summed E-state index contributed by atoms with van der Waals surface area (Å²) in [5, 5.41) is 11.2. The van der Waals surface area contributed by atoms with Gasteiger partial charge in [0.15, 0.2) is 10.4 Å². The Morgan fingerprint density at radius 3 is 2.59 bits per heavy atom. The van der Waals surface area contributed by atoms with E-state index in [0.717, 1.165) is 10.1 Å². The van der Waals surface area contributed by atoms with E-state index >= 15 is 0 Å². The van der Waals surface area contributed by atoms with Crippen LogP contribution in [-0.2, 0) is 10.5 Å². The summed E-state index contributed by atoms with van der Waals surface area (Å²) in [5.41, 5.74) is 2.43. The molecule has 2 aromatic carbocycles. The molecule has 1 amide bonds. The third-order valence-corrected chi connectivity index (χ3v) is 5.66. The lowest BCUT2D eigenvalue weighted by Crippen LogP contribution is -2.30. The molecule has 3 aromatic rings. The Kier molecular flexibility index (Phi) is 6.41. The van der Waals surface area contributed by atoms with Gasteiger partial charge in [-0.2, -0.15) is 0 Å². The number of rotatable bonds is 7. The summed E-state index contributed by atoms with van der Waals surface area (Å²) in [6.45, 7) is 3.67. The molecule has 0 unspecified atom stereocenters. The highest BCUT2D eigenvalue weighted by atomic mass is 32.2. The van der Waals surface area contributed by atoms with E-state index in [0.29, 0.717) is 10.9 Å². The molecule has 0 bridgehead atoms. The first kappa shape index (κ1) is 19.3. The first-order valence-electron chi connectivity index (χ1n) is 8.24. The van der Waals surface area contributed by atoms with Gasteiger partial charge in [-0.1, -0.05) is 52.9 Å². The average Bonchev–Trinajstić information content (AvgIpc) is 3.10. The van der Waals surface area contributed by atoms with E-state index < -0.39 is 6.10 Å². The molecule has 1 aromatic heterocycles. The van der Waals surface area contributed by atoms with Crippen molar-refractivity contribution in [2.75, 3.05) is 5.32 Å². The van der Waals surface area contributed by atoms with Gasteiger partial charge in [0, 0.05) is 5.75 Å². The summed E-state index contributed by atoms with van der Waals surface area (Å²) < 4.78 is 19.2. The fourth-order valence-electron chi connectivity index (χ4n) is 2.13. The van der Waals surface area contributed by atoms with Crippen molar-refractivity contribution in [2.24, 2.45) is 0 Å². The highest BCUT2D eigenvalue weighted by Gasteiger charge is 2.17. The summed E-state index contributed by atoms with van der Waals surface area (Å²) in [5.74, 6) is 0.507. The molecule has 1 N–H and O–H groups in total. The Bertz CT molecular complexity index is 898. The Labute approximate surface area is 165 Å². The molecule has 140 valence electrons. The quantitative estimate of drug-likeness (QED) is 0.458. The molecule has 3 rings (SSSR count). The highest BCUT2D eigenvalue weighted by molar-refractivity contribution is 8.00. The smallest absolute Gasteiger partial charge is 0.266 e. The van der Waals surface area contributed by atoms with Crippen LogP contribution in [0, 0.1) is 12.7 Å². The lowest BCUT2D eigenvalue weighted by Gasteiger charge is -2.13. The number of hydrogen-bond donors (Lipinski definition) is 1. The van der Waals surface area contributed by atoms with Crippen molar-refractivity contribution in [1.82, 2.24) is 10.2 Å². The monoisotopic (exact) mass is 403 g/mol. The fourth-order valence-corrected chi connectivity index (χ4v) is 3.84. The zero-order chi connectivity index (χ0) is 19.2. The number of ether oxygens (including phenoxy) is 1. The minimum Gasteiger partial charge on any atom is -0.481 e. The van der Waals surface area contributed by atoms with Crippen LogP contribution in [-0.4, -0.2) is 22.2 Å². The van der Waals surface area contributed by atoms with Gasteiger partial charge in [0.1, 0.15) is 11.6 Å². The number of nitrogens with zero attached hydrogens (tertiary/aromatic N) is 2. The fraction of sp³-hybridized carbons (Fsp3) is 0.211. The number of aryl methyl sites for hydroxylation is 1. The van der Waals surface area contributed by atoms with Crippen molar-refractivity contribution in [3.8, 4) is 5.75 Å². The second-order valence-corrected chi connectivity index (χ2v) is 8.05. The van der Waals surface area contributed by atoms with E-state index in [1.165, 1.54) is 46.7 Å². The Hall–Kier alpha value is -2.45. The van der Waals surface area contributed by atoms with Crippen LogP contribution in [0.3, 0.4) is 0 Å². The molecular weight excluding hydrogens is 385 g/mol. The van der Waals surface area contributed by atoms with Gasteiger partial charge in [-0.3, -0.25) is 10.1 Å². The van der Waals surface area contributed by atoms with Gasteiger partial charge in [0.25, 0.3) is 5.91 Å². The molecule has 0 radical (unpaired) electrons. The molecule has 0 saturated carbocycles. The van der Waals surface area contributed by atoms with Gasteiger partial charge >= 0.3 is 0 Å². The van der Waals surface area contributed by atoms with E-state index in [1.807, 2.05) is 0 Å². The van der Waals surface area contributed by atoms with Gasteiger partial charge in [0.2, 0.25) is 5.13 Å². The van der Waals surface area contributed by atoms with Crippen molar-refractivity contribution in [3.05, 3.63) is 65.5 Å². The highest BCUT2D eigenvalue weighted by Crippen LogP contribution is 2.28. The molecule has 5 nitrogen and oxygen atoms in total. The standard InChI is InChI=1S/C19H18FN3O2S2/c1-12-3-5-14(6-4-12)11-26-19-23-22-18(27-19)21-17(24)13(2)25-16-9-7-15(20)8-10-16/h3-10,13H,11H2,1-2H3,(H,21,22,24)/t13-/m1/s1. The number of anilines is 1. The first-order chi connectivity index (χ1) is 13.0. The van der Waals surface area contributed by atoms with Gasteiger partial charge in [-0.05, 0) is 43.7 Å². The van der Waals surface area contributed by atoms with Crippen LogP contribution < -0.4 is 10.1 Å². The molecular formula is C19H18FN3O2S2. The zero-order valence-electron chi connectivity index (χ0n) is 14.8. The Balaban J connectivity index is 1.50. The first-order valence-corrected chi connectivity index (χ1v) is 10.0. The van der Waals surface area contributed by atoms with E-state index in [1.54, 1.807) is 18.7 Å². The second-order valence-electron chi connectivity index (χ2n) is 5.85. The maximum absolute atomic E-state index is 12.9. The lowest BCUT2D eigenvalue weighted by molar-refractivity contribution is -0.122. The molecule has 0 fully saturated rings. The van der Waals surface area contributed by atoms with Gasteiger partial charge < -0.3 is 4.74 Å². The van der Waals surface area contributed by atoms with Crippen LogP contribution in [0.25, 0.3) is 0 Å². The molecule has 0 saturated heterocycles. The minimum absolute atomic E-state index is 0.342. The van der Waals surface area contributed by atoms with E-state index in [-0.39, 0.29) is 11.7 Å². The number of thioether (sulfide) groups is 1. The molecule has 27 heavy (non-hydrogen) atoms. The maximum atomic E-state index is 12.9. The van der Waals surface area contributed by atoms with Crippen LogP contribution in [0.15, 0.2) is 52.9 Å². The number of hydrogen-bond acceptors (Lipinski definition) is 6. The van der Waals surface area contributed by atoms with Crippen molar-refractivity contribution in [3.63, 3.8) is 0 Å². The Morgan fingerprint density at radius 1 is 1.19 bits per heavy atom. The average molecular weight is 404 g/mol. The lowest BCUT2D eigenvalue weighted by atomic mass is 10.2. The van der Waals surface area contributed by atoms with E-state index in [2.05, 4.69) is 46.7 Å². The van der Waals surface area contributed by atoms with Gasteiger partial charge in [-0.15, -0.1) is 10.2 Å². The maximum Gasteiger partial charge on any atom is 0.266 e. The van der Waals surface area contributed by atoms with Crippen LogP contribution in [0.1, 0.15) is 18.1 Å². The SMILES string of the molecule is Cc1ccc(CSc2nnc(NC(=O)[C@@H](C)Oc3ccc(F)cc3)s2)cc1. The zero-order valence-corrected chi connectivity index (χ0v) is 16.4. The van der Waals surface area contributed by atoms with Gasteiger partial charge in [-0.25, -0.2) is 4.39 Å². The predicted molar refractivity (Wildman–Crippen MR) is 106 cm³/mol. The molecule has 0 aliphatic carbocycles. The van der Waals surface area contributed by atoms with Crippen LogP contribution in [0.5, 0.6) is 5.75 Å². The summed E-state index contributed by atoms with van der Waals surface area (Å²) in [4.78, 5) is 12.2. The number of aromatic nitrogens is 2. The molecule has 1 heterocycles. The van der Waals surface area contributed by atoms with Crippen molar-refractivity contribution in [2.45, 2.75) is 30.0 Å². The number of amides is 1. The summed E-state index contributed by atoms with van der Waals surface area (Å²) in [6, 6.07) is 13.8. The van der Waals surface area contributed by atoms with Gasteiger partial charge in [0.05, 0.1) is 0 Å². The third-order valence-electron chi connectivity index (χ3n) is 3.62. The minimum atomic E-state index is -0.747. The van der Waals surface area contributed by atoms with Crippen molar-refractivity contribution in [1.29, 1.82) is 0 Å². The molecule has 0 aliphatic heterocycles. The number of carbonyl (C=O) groups is 1. The summed E-state index contributed by atoms with van der Waals surface area (Å²) >= 11 is 2.88. The Morgan fingerprint density at radius 2 is 1.89 bits per heavy atom. The molecule has 1 atom stereocenters. The second kappa shape index (κ2) is 8.96. The van der Waals surface area contributed by atoms with E-state index in [9.17, 15) is 9.18 Å². The van der Waals surface area contributed by atoms with Crippen LogP contribution >= 0.6 is 23.1 Å². The topological polar surface area (TPSA) is 64.1 Å². The normalized spacial score (nSPS) is 11.8. The molecule has 0 aliphatic rings. The van der Waals surface area contributed by atoms with E-state index in [4.69, 9.17) is 4.74 Å². The number of nitrogens with one attached hydrogen (secondary N) is 1. The number of benzene rings is 2. The largest absolute Gasteiger partial charge is 0.481 e. The third kappa shape index (κ3) is 5.77. The number of carbonyl (C=O) groups excluding carboxylic acids is 1. The summed E-state index contributed by atoms with van der Waals surface area (Å²) in [6.07, 6.45) is -0.747. The molecule has 0 spiro atoms. The predicted octanol–water partition coefficient (Wildman–Crippen LogP) is 4.68. The van der Waals surface area contributed by atoms with Crippen LogP contribution in [0.4, 0.5) is 9.52 Å².